The maximum atomic E-state index is 12.3. The van der Waals surface area contributed by atoms with Gasteiger partial charge in [0, 0.05) is 5.92 Å². The smallest absolute Gasteiger partial charge is 0.360 e. The molecule has 31 heavy (non-hydrogen) atoms. The summed E-state index contributed by atoms with van der Waals surface area (Å²) in [5.74, 6) is -0.162. The van der Waals surface area contributed by atoms with Crippen LogP contribution in [0.1, 0.15) is 33.1 Å². The topological polar surface area (TPSA) is 179 Å². The lowest BCUT2D eigenvalue weighted by Crippen LogP contribution is -2.36. The van der Waals surface area contributed by atoms with Gasteiger partial charge in [0.1, 0.15) is 11.9 Å². The predicted octanol–water partition coefficient (Wildman–Crippen LogP) is 1.11. The van der Waals surface area contributed by atoms with Crippen molar-refractivity contribution in [2.24, 2.45) is 5.92 Å². The Morgan fingerprint density at radius 1 is 1.48 bits per heavy atom. The van der Waals surface area contributed by atoms with Gasteiger partial charge in [-0.3, -0.25) is 28.9 Å². The molecule has 0 bridgehead atoms. The molecule has 170 valence electrons. The Morgan fingerprint density at radius 2 is 2.26 bits per heavy atom. The van der Waals surface area contributed by atoms with Gasteiger partial charge >= 0.3 is 7.82 Å². The summed E-state index contributed by atoms with van der Waals surface area (Å²) in [6.07, 6.45) is 0.194. The third-order valence-corrected chi connectivity index (χ3v) is 5.67. The number of carbonyl (C=O) groups excluding carboxylic acids is 1. The second kappa shape index (κ2) is 9.76. The number of anilines is 3. The van der Waals surface area contributed by atoms with Crippen LogP contribution in [0.4, 0.5) is 17.5 Å². The van der Waals surface area contributed by atoms with E-state index >= 15 is 0 Å². The van der Waals surface area contributed by atoms with Crippen molar-refractivity contribution in [3.63, 3.8) is 0 Å². The lowest BCUT2D eigenvalue weighted by atomic mass is 10.2. The molecule has 0 spiro atoms. The van der Waals surface area contributed by atoms with Gasteiger partial charge in [0.05, 0.1) is 38.5 Å². The number of aromatic amines is 1. The van der Waals surface area contributed by atoms with Crippen LogP contribution in [-0.4, -0.2) is 53.0 Å². The Balaban J connectivity index is 1.61. The number of phosphoric ester groups is 1. The normalized spacial score (nSPS) is 22.0. The minimum atomic E-state index is -4.26. The van der Waals surface area contributed by atoms with Gasteiger partial charge in [0.2, 0.25) is 11.9 Å². The molecule has 0 radical (unpaired) electrons. The summed E-state index contributed by atoms with van der Waals surface area (Å²) in [5.41, 5.74) is -0.142. The number of hydrogen-bond donors (Lipinski definition) is 4. The fourth-order valence-electron chi connectivity index (χ4n) is 3.09. The molecule has 3 atom stereocenters. The van der Waals surface area contributed by atoms with Crippen molar-refractivity contribution in [3.05, 3.63) is 10.4 Å². The van der Waals surface area contributed by atoms with Crippen LogP contribution in [0.3, 0.4) is 0 Å². The van der Waals surface area contributed by atoms with Crippen LogP contribution in [0, 0.1) is 17.2 Å². The monoisotopic (exact) mass is 456 g/mol. The first-order valence-corrected chi connectivity index (χ1v) is 11.3. The van der Waals surface area contributed by atoms with Crippen molar-refractivity contribution in [1.29, 1.82) is 5.26 Å². The lowest BCUT2D eigenvalue weighted by Gasteiger charge is -2.25. The van der Waals surface area contributed by atoms with Crippen molar-refractivity contribution >= 4 is 31.2 Å². The van der Waals surface area contributed by atoms with Crippen molar-refractivity contribution in [2.45, 2.75) is 45.4 Å². The van der Waals surface area contributed by atoms with Crippen molar-refractivity contribution in [1.82, 2.24) is 9.97 Å². The molecule has 1 aromatic rings. The van der Waals surface area contributed by atoms with E-state index in [-0.39, 0.29) is 49.8 Å². The highest BCUT2D eigenvalue weighted by molar-refractivity contribution is 7.47. The number of aromatic nitrogens is 2. The third-order valence-electron chi connectivity index (χ3n) is 4.69. The fraction of sp³-hybridized carbons (Fsp3) is 0.647. The number of H-pyrrole nitrogens is 1. The van der Waals surface area contributed by atoms with E-state index in [1.54, 1.807) is 24.8 Å². The van der Waals surface area contributed by atoms with E-state index in [1.165, 1.54) is 0 Å². The van der Waals surface area contributed by atoms with Crippen molar-refractivity contribution < 1.29 is 28.0 Å². The molecule has 1 amide bonds. The quantitative estimate of drug-likeness (QED) is 0.309. The average Bonchev–Trinajstić information content (AvgIpc) is 3.33. The van der Waals surface area contributed by atoms with Crippen LogP contribution in [0.2, 0.25) is 0 Å². The first-order valence-electron chi connectivity index (χ1n) is 9.80. The standard InChI is InChI=1S/C17H25N6O7P/c1-10(2)15(24)21-17-20-14-13(16(25)22-17)19-9-23(14)12-5-4-11(30-12)8-29-31(26,27)28-7-3-6-18/h10-12,19H,3-5,7-9H2,1-2H3,(H,26,27)(H2,20,21,22,24,25). The maximum Gasteiger partial charge on any atom is 0.472 e. The number of carbonyl (C=O) groups is 1. The van der Waals surface area contributed by atoms with Gasteiger partial charge in [0.15, 0.2) is 5.82 Å². The lowest BCUT2D eigenvalue weighted by molar-refractivity contribution is -0.118. The molecule has 1 saturated heterocycles. The van der Waals surface area contributed by atoms with Gasteiger partial charge in [-0.25, -0.2) is 4.57 Å². The molecular formula is C17H25N6O7P. The number of nitrogens with zero attached hydrogens (tertiary/aromatic N) is 3. The number of fused-ring (bicyclic) bond motifs is 1. The van der Waals surface area contributed by atoms with Gasteiger partial charge in [-0.2, -0.15) is 10.2 Å². The number of amides is 1. The zero-order valence-electron chi connectivity index (χ0n) is 17.2. The van der Waals surface area contributed by atoms with Crippen LogP contribution < -0.4 is 21.1 Å². The van der Waals surface area contributed by atoms with Crippen LogP contribution in [0.15, 0.2) is 4.79 Å². The first-order chi connectivity index (χ1) is 14.7. The first kappa shape index (κ1) is 23.2. The number of rotatable bonds is 9. The Labute approximate surface area is 178 Å². The van der Waals surface area contributed by atoms with E-state index in [9.17, 15) is 19.0 Å². The number of nitriles is 1. The third kappa shape index (κ3) is 5.81. The van der Waals surface area contributed by atoms with E-state index in [2.05, 4.69) is 25.1 Å². The molecule has 0 saturated carbocycles. The zero-order valence-corrected chi connectivity index (χ0v) is 18.1. The van der Waals surface area contributed by atoms with Gasteiger partial charge in [-0.15, -0.1) is 0 Å². The Kier molecular flexibility index (Phi) is 7.30. The number of nitrogens with one attached hydrogen (secondary N) is 3. The van der Waals surface area contributed by atoms with Crippen LogP contribution in [0.25, 0.3) is 0 Å². The largest absolute Gasteiger partial charge is 0.472 e. The SMILES string of the molecule is CC(C)C(=O)Nc1nc2c(c(=O)[nH]1)NCN2C1CCC(COP(=O)(O)OCCC#N)O1. The summed E-state index contributed by atoms with van der Waals surface area (Å²) in [4.78, 5) is 42.5. The number of phosphoric acid groups is 1. The van der Waals surface area contributed by atoms with Gasteiger partial charge < -0.3 is 19.8 Å². The molecule has 3 heterocycles. The number of ether oxygens (including phenoxy) is 1. The molecule has 4 N–H and O–H groups in total. The highest BCUT2D eigenvalue weighted by atomic mass is 31.2. The summed E-state index contributed by atoms with van der Waals surface area (Å²) in [6, 6.07) is 1.80. The van der Waals surface area contributed by atoms with E-state index in [0.717, 1.165) is 0 Å². The fourth-order valence-corrected chi connectivity index (χ4v) is 3.84. The molecular weight excluding hydrogens is 431 g/mol. The van der Waals surface area contributed by atoms with Gasteiger partial charge in [-0.1, -0.05) is 13.8 Å². The van der Waals surface area contributed by atoms with Crippen molar-refractivity contribution in [2.75, 3.05) is 35.4 Å². The second-order valence-corrected chi connectivity index (χ2v) is 8.81. The van der Waals surface area contributed by atoms with E-state index in [0.29, 0.717) is 18.7 Å². The summed E-state index contributed by atoms with van der Waals surface area (Å²) < 4.78 is 27.3. The Hall–Kier alpha value is -2.49. The minimum absolute atomic E-state index is 0.0248. The summed E-state index contributed by atoms with van der Waals surface area (Å²) in [6.45, 7) is 3.36. The maximum absolute atomic E-state index is 12.3. The molecule has 2 aliphatic rings. The minimum Gasteiger partial charge on any atom is -0.360 e. The summed E-state index contributed by atoms with van der Waals surface area (Å²) >= 11 is 0. The molecule has 2 aliphatic heterocycles. The molecule has 0 aromatic carbocycles. The molecule has 1 aromatic heterocycles. The predicted molar refractivity (Wildman–Crippen MR) is 109 cm³/mol. The highest BCUT2D eigenvalue weighted by Crippen LogP contribution is 2.44. The summed E-state index contributed by atoms with van der Waals surface area (Å²) in [7, 11) is -4.26. The molecule has 3 unspecified atom stereocenters. The van der Waals surface area contributed by atoms with E-state index in [4.69, 9.17) is 14.5 Å². The van der Waals surface area contributed by atoms with Crippen molar-refractivity contribution in [3.8, 4) is 6.07 Å². The van der Waals surface area contributed by atoms with Crippen LogP contribution in [0.5, 0.6) is 0 Å². The molecule has 14 heteroatoms. The zero-order chi connectivity index (χ0) is 22.6. The molecule has 3 rings (SSSR count). The molecule has 13 nitrogen and oxygen atoms in total. The average molecular weight is 456 g/mol. The highest BCUT2D eigenvalue weighted by Gasteiger charge is 2.37. The van der Waals surface area contributed by atoms with E-state index < -0.39 is 25.7 Å². The Bertz CT molecular complexity index is 961. The Morgan fingerprint density at radius 3 is 2.97 bits per heavy atom. The van der Waals surface area contributed by atoms with E-state index in [1.807, 2.05) is 0 Å². The molecule has 0 aliphatic carbocycles. The summed E-state index contributed by atoms with van der Waals surface area (Å²) in [5, 5.41) is 14.0. The number of hydrogen-bond acceptors (Lipinski definition) is 10. The van der Waals surface area contributed by atoms with Gasteiger partial charge in [0.25, 0.3) is 5.56 Å². The second-order valence-electron chi connectivity index (χ2n) is 7.36. The van der Waals surface area contributed by atoms with Gasteiger partial charge in [-0.05, 0) is 12.8 Å². The van der Waals surface area contributed by atoms with Crippen LogP contribution >= 0.6 is 7.82 Å². The van der Waals surface area contributed by atoms with Crippen LogP contribution in [-0.2, 0) is 23.1 Å². The molecule has 1 fully saturated rings.